The molecule has 146 valence electrons. The van der Waals surface area contributed by atoms with E-state index in [1.165, 1.54) is 6.07 Å². The van der Waals surface area contributed by atoms with Gasteiger partial charge in [0.15, 0.2) is 5.11 Å². The van der Waals surface area contributed by atoms with Gasteiger partial charge in [0, 0.05) is 12.4 Å². The number of benzene rings is 1. The Bertz CT molecular complexity index is 985. The molecule has 3 rings (SSSR count). The van der Waals surface area contributed by atoms with Crippen molar-refractivity contribution in [2.24, 2.45) is 0 Å². The summed E-state index contributed by atoms with van der Waals surface area (Å²) in [5.41, 5.74) is 7.31. The molecule has 1 aromatic carbocycles. The van der Waals surface area contributed by atoms with Crippen LogP contribution in [-0.2, 0) is 6.54 Å². The van der Waals surface area contributed by atoms with E-state index in [0.717, 1.165) is 17.3 Å². The minimum Gasteiger partial charge on any atom is -0.329 e. The van der Waals surface area contributed by atoms with E-state index in [1.54, 1.807) is 17.1 Å². The lowest BCUT2D eigenvalue weighted by Gasteiger charge is -2.11. The number of anilines is 1. The van der Waals surface area contributed by atoms with Crippen molar-refractivity contribution >= 4 is 28.9 Å². The molecule has 0 saturated carbocycles. The number of aryl methyl sites for hydroxylation is 1. The number of carbonyl (C=O) groups excluding carboxylic acids is 1. The molecule has 0 atom stereocenters. The van der Waals surface area contributed by atoms with Crippen LogP contribution in [0.2, 0.25) is 0 Å². The summed E-state index contributed by atoms with van der Waals surface area (Å²) in [5, 5.41) is 10.6. The average Bonchev–Trinajstić information content (AvgIpc) is 3.31. The van der Waals surface area contributed by atoms with Crippen molar-refractivity contribution in [3.63, 3.8) is 0 Å². The summed E-state index contributed by atoms with van der Waals surface area (Å²) < 4.78 is 27.5. The van der Waals surface area contributed by atoms with Crippen LogP contribution in [0.5, 0.6) is 0 Å². The molecule has 0 aliphatic heterocycles. The normalized spacial score (nSPS) is 10.7. The molecule has 0 radical (unpaired) electrons. The Morgan fingerprint density at radius 2 is 2.00 bits per heavy atom. The highest BCUT2D eigenvalue weighted by Crippen LogP contribution is 2.12. The molecule has 0 aliphatic carbocycles. The molecule has 28 heavy (non-hydrogen) atoms. The van der Waals surface area contributed by atoms with Crippen LogP contribution >= 0.6 is 12.2 Å². The van der Waals surface area contributed by atoms with Crippen molar-refractivity contribution in [2.75, 3.05) is 5.32 Å². The number of nitrogens with zero attached hydrogens (tertiary/aromatic N) is 4. The first-order chi connectivity index (χ1) is 13.4. The average molecular weight is 405 g/mol. The zero-order valence-electron chi connectivity index (χ0n) is 14.8. The molecule has 8 nitrogen and oxygen atoms in total. The number of aromatic nitrogens is 4. The number of alkyl halides is 2. The van der Waals surface area contributed by atoms with Crippen LogP contribution < -0.4 is 16.2 Å². The fourth-order valence-corrected chi connectivity index (χ4v) is 2.63. The maximum Gasteiger partial charge on any atom is 0.333 e. The predicted molar refractivity (Wildman–Crippen MR) is 103 cm³/mol. The summed E-state index contributed by atoms with van der Waals surface area (Å²) in [6.07, 6.45) is 4.45. The summed E-state index contributed by atoms with van der Waals surface area (Å²) in [6, 6.07) is 9.17. The van der Waals surface area contributed by atoms with E-state index < -0.39 is 12.5 Å². The summed E-state index contributed by atoms with van der Waals surface area (Å²) in [4.78, 5) is 12.0. The highest BCUT2D eigenvalue weighted by molar-refractivity contribution is 7.80. The molecule has 0 fully saturated rings. The Morgan fingerprint density at radius 1 is 1.21 bits per heavy atom. The van der Waals surface area contributed by atoms with Crippen molar-refractivity contribution < 1.29 is 13.6 Å². The van der Waals surface area contributed by atoms with Crippen LogP contribution in [0.1, 0.15) is 28.2 Å². The van der Waals surface area contributed by atoms with Crippen molar-refractivity contribution in [1.29, 1.82) is 0 Å². The van der Waals surface area contributed by atoms with Crippen LogP contribution in [0.4, 0.5) is 14.5 Å². The smallest absolute Gasteiger partial charge is 0.329 e. The third-order valence-corrected chi connectivity index (χ3v) is 4.07. The van der Waals surface area contributed by atoms with Gasteiger partial charge < -0.3 is 5.32 Å². The quantitative estimate of drug-likeness (QED) is 0.446. The van der Waals surface area contributed by atoms with Crippen molar-refractivity contribution in [3.05, 3.63) is 65.7 Å². The zero-order valence-corrected chi connectivity index (χ0v) is 15.6. The highest BCUT2D eigenvalue weighted by atomic mass is 32.1. The molecule has 0 saturated heterocycles. The number of carbonyl (C=O) groups is 1. The van der Waals surface area contributed by atoms with Crippen molar-refractivity contribution in [3.8, 4) is 0 Å². The SMILES string of the molecule is Cc1ccccc1Cn1cc(NC(=S)NNC(=O)c2ccnn2C(F)F)cn1. The lowest BCUT2D eigenvalue weighted by molar-refractivity contribution is 0.0508. The molecule has 3 aromatic rings. The van der Waals surface area contributed by atoms with Crippen molar-refractivity contribution in [2.45, 2.75) is 20.0 Å². The fourth-order valence-electron chi connectivity index (χ4n) is 2.47. The Labute approximate surface area is 164 Å². The maximum atomic E-state index is 12.7. The van der Waals surface area contributed by atoms with E-state index in [4.69, 9.17) is 12.2 Å². The van der Waals surface area contributed by atoms with Crippen LogP contribution in [0.15, 0.2) is 48.9 Å². The number of thiocarbonyl (C=S) groups is 1. The molecular formula is C17H17F2N7OS. The molecule has 1 amide bonds. The third kappa shape index (κ3) is 4.68. The fraction of sp³-hybridized carbons (Fsp3) is 0.176. The summed E-state index contributed by atoms with van der Waals surface area (Å²) in [6.45, 7) is -0.289. The zero-order chi connectivity index (χ0) is 20.1. The van der Waals surface area contributed by atoms with Gasteiger partial charge in [-0.15, -0.1) is 0 Å². The van der Waals surface area contributed by atoms with Gasteiger partial charge in [-0.1, -0.05) is 24.3 Å². The Hall–Kier alpha value is -3.34. The van der Waals surface area contributed by atoms with Crippen LogP contribution in [0, 0.1) is 6.92 Å². The molecule has 0 unspecified atom stereocenters. The number of hydrogen-bond donors (Lipinski definition) is 3. The van der Waals surface area contributed by atoms with Crippen LogP contribution in [-0.4, -0.2) is 30.6 Å². The van der Waals surface area contributed by atoms with Gasteiger partial charge in [-0.3, -0.25) is 20.3 Å². The first-order valence-corrected chi connectivity index (χ1v) is 8.61. The minimum atomic E-state index is -2.92. The van der Waals surface area contributed by atoms with Gasteiger partial charge in [0.2, 0.25) is 0 Å². The van der Waals surface area contributed by atoms with E-state index in [2.05, 4.69) is 26.4 Å². The van der Waals surface area contributed by atoms with Gasteiger partial charge in [0.1, 0.15) is 5.69 Å². The van der Waals surface area contributed by atoms with Gasteiger partial charge in [0.25, 0.3) is 5.91 Å². The van der Waals surface area contributed by atoms with E-state index >= 15 is 0 Å². The molecule has 2 heterocycles. The summed E-state index contributed by atoms with van der Waals surface area (Å²) in [7, 11) is 0. The Kier molecular flexibility index (Phi) is 5.94. The van der Waals surface area contributed by atoms with Gasteiger partial charge in [-0.25, -0.2) is 0 Å². The molecule has 0 aliphatic rings. The van der Waals surface area contributed by atoms with Gasteiger partial charge in [-0.05, 0) is 36.3 Å². The van der Waals surface area contributed by atoms with E-state index in [1.807, 2.05) is 31.2 Å². The topological polar surface area (TPSA) is 88.8 Å². The largest absolute Gasteiger partial charge is 0.333 e. The second-order valence-corrected chi connectivity index (χ2v) is 6.23. The van der Waals surface area contributed by atoms with Gasteiger partial charge in [0.05, 0.1) is 18.4 Å². The second kappa shape index (κ2) is 8.57. The van der Waals surface area contributed by atoms with E-state index in [9.17, 15) is 13.6 Å². The van der Waals surface area contributed by atoms with E-state index in [-0.39, 0.29) is 10.8 Å². The lowest BCUT2D eigenvalue weighted by Crippen LogP contribution is -2.44. The number of hydrogen-bond acceptors (Lipinski definition) is 4. The van der Waals surface area contributed by atoms with Gasteiger partial charge >= 0.3 is 6.55 Å². The van der Waals surface area contributed by atoms with Crippen molar-refractivity contribution in [1.82, 2.24) is 30.4 Å². The number of amides is 1. The number of nitrogens with one attached hydrogen (secondary N) is 3. The van der Waals surface area contributed by atoms with Crippen LogP contribution in [0.25, 0.3) is 0 Å². The molecule has 0 spiro atoms. The standard InChI is InChI=1S/C17H17F2N7OS/c1-11-4-2-3-5-12(11)9-25-10-13(8-21-25)22-17(28)24-23-15(27)14-6-7-20-26(14)16(18)19/h2-8,10,16H,9H2,1H3,(H,23,27)(H2,22,24,28). The second-order valence-electron chi connectivity index (χ2n) is 5.82. The first kappa shape index (κ1) is 19.4. The molecule has 2 aromatic heterocycles. The minimum absolute atomic E-state index is 0.0758. The predicted octanol–water partition coefficient (Wildman–Crippen LogP) is 2.46. The Morgan fingerprint density at radius 3 is 2.75 bits per heavy atom. The first-order valence-electron chi connectivity index (χ1n) is 8.20. The van der Waals surface area contributed by atoms with Crippen LogP contribution in [0.3, 0.4) is 0 Å². The molecule has 0 bridgehead atoms. The number of hydrazine groups is 1. The van der Waals surface area contributed by atoms with Gasteiger partial charge in [-0.2, -0.15) is 23.7 Å². The summed E-state index contributed by atoms with van der Waals surface area (Å²) in [5.74, 6) is -0.794. The highest BCUT2D eigenvalue weighted by Gasteiger charge is 2.17. The Balaban J connectivity index is 1.53. The molecule has 3 N–H and O–H groups in total. The molecule has 11 heteroatoms. The monoisotopic (exact) mass is 405 g/mol. The molecular weight excluding hydrogens is 388 g/mol. The third-order valence-electron chi connectivity index (χ3n) is 3.86. The summed E-state index contributed by atoms with van der Waals surface area (Å²) >= 11 is 5.08. The maximum absolute atomic E-state index is 12.7. The van der Waals surface area contributed by atoms with E-state index in [0.29, 0.717) is 16.9 Å². The lowest BCUT2D eigenvalue weighted by atomic mass is 10.1. The number of halogens is 2. The number of rotatable bonds is 5.